The molecule has 0 N–H and O–H groups in total. The molecule has 0 saturated carbocycles. The Balaban J connectivity index is 1.75. The second-order valence-electron chi connectivity index (χ2n) is 11.1. The Hall–Kier alpha value is -1.12. The fourth-order valence-electron chi connectivity index (χ4n) is 5.06. The van der Waals surface area contributed by atoms with Crippen molar-refractivity contribution in [2.45, 2.75) is 115 Å². The molecule has 2 rings (SSSR count). The van der Waals surface area contributed by atoms with E-state index < -0.39 is 22.2 Å². The van der Waals surface area contributed by atoms with E-state index in [-0.39, 0.29) is 12.2 Å². The van der Waals surface area contributed by atoms with Crippen molar-refractivity contribution in [3.05, 3.63) is 0 Å². The van der Waals surface area contributed by atoms with E-state index in [0.29, 0.717) is 38.9 Å². The van der Waals surface area contributed by atoms with Gasteiger partial charge in [0.25, 0.3) is 0 Å². The SMILES string of the molecule is CC1(C)CC(OCC#CC#CCOC2CC(C)(C)N([O])C(C)(C)C2)CC(C)(C)N1[O]. The van der Waals surface area contributed by atoms with Crippen LogP contribution in [0.15, 0.2) is 0 Å². The van der Waals surface area contributed by atoms with Gasteiger partial charge in [-0.15, -0.1) is 20.5 Å². The minimum absolute atomic E-state index is 0.0179. The predicted octanol–water partition coefficient (Wildman–Crippen LogP) is 3.76. The molecule has 0 spiro atoms. The van der Waals surface area contributed by atoms with Crippen molar-refractivity contribution >= 4 is 0 Å². The lowest BCUT2D eigenvalue weighted by molar-refractivity contribution is -0.300. The molecule has 0 amide bonds. The van der Waals surface area contributed by atoms with E-state index in [1.807, 2.05) is 55.4 Å². The zero-order valence-electron chi connectivity index (χ0n) is 19.9. The van der Waals surface area contributed by atoms with Crippen LogP contribution >= 0.6 is 0 Å². The molecule has 2 heterocycles. The summed E-state index contributed by atoms with van der Waals surface area (Å²) >= 11 is 0. The molecule has 2 aliphatic rings. The van der Waals surface area contributed by atoms with Gasteiger partial charge in [0, 0.05) is 22.2 Å². The Bertz CT molecular complexity index is 623. The molecule has 2 fully saturated rings. The van der Waals surface area contributed by atoms with Gasteiger partial charge in [-0.25, -0.2) is 0 Å². The average Bonchev–Trinajstić information content (AvgIpc) is 2.59. The molecule has 6 nitrogen and oxygen atoms in total. The van der Waals surface area contributed by atoms with Crippen LogP contribution in [-0.4, -0.2) is 57.7 Å². The van der Waals surface area contributed by atoms with Crippen molar-refractivity contribution in [1.82, 2.24) is 10.1 Å². The molecule has 2 aliphatic heterocycles. The van der Waals surface area contributed by atoms with Gasteiger partial charge in [-0.2, -0.15) is 0 Å². The number of piperidine rings is 2. The molecule has 2 saturated heterocycles. The van der Waals surface area contributed by atoms with E-state index >= 15 is 0 Å². The quantitative estimate of drug-likeness (QED) is 0.652. The molecule has 0 unspecified atom stereocenters. The molecular formula is C24H38N2O4. The smallest absolute Gasteiger partial charge is 0.109 e. The van der Waals surface area contributed by atoms with Gasteiger partial charge >= 0.3 is 0 Å². The maximum atomic E-state index is 12.4. The Morgan fingerprint density at radius 1 is 0.633 bits per heavy atom. The third kappa shape index (κ3) is 6.20. The van der Waals surface area contributed by atoms with Crippen molar-refractivity contribution < 1.29 is 19.9 Å². The molecule has 2 radical (unpaired) electrons. The fourth-order valence-corrected chi connectivity index (χ4v) is 5.06. The largest absolute Gasteiger partial charge is 0.365 e. The Morgan fingerprint density at radius 3 is 1.17 bits per heavy atom. The number of hydrogen-bond acceptors (Lipinski definition) is 4. The third-order valence-corrected chi connectivity index (χ3v) is 6.13. The number of nitrogens with zero attached hydrogens (tertiary/aromatic N) is 2. The summed E-state index contributed by atoms with van der Waals surface area (Å²) in [7, 11) is 0. The molecule has 0 atom stereocenters. The highest BCUT2D eigenvalue weighted by Gasteiger charge is 2.47. The average molecular weight is 419 g/mol. The van der Waals surface area contributed by atoms with Gasteiger partial charge in [0.15, 0.2) is 0 Å². The van der Waals surface area contributed by atoms with Gasteiger partial charge in [-0.1, -0.05) is 11.8 Å². The minimum Gasteiger partial charge on any atom is -0.365 e. The van der Waals surface area contributed by atoms with Crippen LogP contribution in [0.5, 0.6) is 0 Å². The summed E-state index contributed by atoms with van der Waals surface area (Å²) in [6.45, 7) is 16.2. The van der Waals surface area contributed by atoms with E-state index in [1.54, 1.807) is 0 Å². The van der Waals surface area contributed by atoms with Crippen molar-refractivity contribution in [2.24, 2.45) is 0 Å². The van der Waals surface area contributed by atoms with E-state index in [1.165, 1.54) is 10.1 Å². The van der Waals surface area contributed by atoms with E-state index in [0.717, 1.165) is 0 Å². The topological polar surface area (TPSA) is 64.7 Å². The summed E-state index contributed by atoms with van der Waals surface area (Å²) in [5.41, 5.74) is -1.77. The molecule has 0 aromatic carbocycles. The predicted molar refractivity (Wildman–Crippen MR) is 115 cm³/mol. The first-order valence-electron chi connectivity index (χ1n) is 10.8. The zero-order chi connectivity index (χ0) is 22.8. The number of hydrogen-bond donors (Lipinski definition) is 0. The molecule has 0 aromatic rings. The Kier molecular flexibility index (Phi) is 7.68. The van der Waals surface area contributed by atoms with Crippen molar-refractivity contribution in [3.63, 3.8) is 0 Å². The standard InChI is InChI=1S/C24H38N2O4/c1-21(2)15-19(16-22(3,4)25(21)27)29-13-11-9-10-12-14-30-20-17-23(5,6)26(28)24(7,8)18-20/h19-20H,13-18H2,1-8H3. The van der Waals surface area contributed by atoms with Crippen LogP contribution in [0.1, 0.15) is 81.1 Å². The molecule has 0 aliphatic carbocycles. The molecular weight excluding hydrogens is 380 g/mol. The monoisotopic (exact) mass is 418 g/mol. The Morgan fingerprint density at radius 2 is 0.900 bits per heavy atom. The van der Waals surface area contributed by atoms with Gasteiger partial charge in [0.2, 0.25) is 0 Å². The van der Waals surface area contributed by atoms with Gasteiger partial charge in [-0.05, 0) is 92.9 Å². The summed E-state index contributed by atoms with van der Waals surface area (Å²) in [5, 5.41) is 27.1. The van der Waals surface area contributed by atoms with E-state index in [9.17, 15) is 10.4 Å². The first-order chi connectivity index (χ1) is 13.7. The summed E-state index contributed by atoms with van der Waals surface area (Å²) in [4.78, 5) is 0. The molecule has 6 heteroatoms. The molecule has 0 aromatic heterocycles. The van der Waals surface area contributed by atoms with Gasteiger partial charge in [-0.3, -0.25) is 0 Å². The van der Waals surface area contributed by atoms with E-state index in [2.05, 4.69) is 23.7 Å². The first-order valence-corrected chi connectivity index (χ1v) is 10.8. The van der Waals surface area contributed by atoms with Crippen LogP contribution in [-0.2, 0) is 19.9 Å². The van der Waals surface area contributed by atoms with Crippen LogP contribution in [0.2, 0.25) is 0 Å². The second kappa shape index (κ2) is 9.17. The van der Waals surface area contributed by atoms with Crippen molar-refractivity contribution in [3.8, 4) is 23.7 Å². The summed E-state index contributed by atoms with van der Waals surface area (Å²) in [6.07, 6.45) is 2.80. The molecule has 0 bridgehead atoms. The van der Waals surface area contributed by atoms with Crippen LogP contribution in [0.25, 0.3) is 0 Å². The van der Waals surface area contributed by atoms with Crippen LogP contribution in [0.4, 0.5) is 0 Å². The number of hydroxylamine groups is 4. The van der Waals surface area contributed by atoms with Crippen molar-refractivity contribution in [2.75, 3.05) is 13.2 Å². The molecule has 168 valence electrons. The van der Waals surface area contributed by atoms with Gasteiger partial charge in [0.1, 0.15) is 13.2 Å². The maximum Gasteiger partial charge on any atom is 0.109 e. The van der Waals surface area contributed by atoms with Crippen LogP contribution in [0.3, 0.4) is 0 Å². The fraction of sp³-hybridized carbons (Fsp3) is 0.833. The summed E-state index contributed by atoms with van der Waals surface area (Å²) < 4.78 is 11.8. The summed E-state index contributed by atoms with van der Waals surface area (Å²) in [5.74, 6) is 11.5. The lowest BCUT2D eigenvalue weighted by Crippen LogP contribution is -2.59. The first kappa shape index (κ1) is 25.1. The normalized spacial score (nSPS) is 26.3. The van der Waals surface area contributed by atoms with Crippen LogP contribution < -0.4 is 0 Å². The van der Waals surface area contributed by atoms with E-state index in [4.69, 9.17) is 9.47 Å². The lowest BCUT2D eigenvalue weighted by Gasteiger charge is -2.49. The minimum atomic E-state index is -0.442. The highest BCUT2D eigenvalue weighted by Crippen LogP contribution is 2.39. The maximum absolute atomic E-state index is 12.4. The second-order valence-corrected chi connectivity index (χ2v) is 11.1. The summed E-state index contributed by atoms with van der Waals surface area (Å²) in [6, 6.07) is 0. The molecule has 30 heavy (non-hydrogen) atoms. The van der Waals surface area contributed by atoms with Crippen LogP contribution in [0, 0.1) is 23.7 Å². The Labute approximate surface area is 182 Å². The van der Waals surface area contributed by atoms with Crippen molar-refractivity contribution in [1.29, 1.82) is 0 Å². The van der Waals surface area contributed by atoms with Gasteiger partial charge in [0.05, 0.1) is 12.2 Å². The third-order valence-electron chi connectivity index (χ3n) is 6.13. The highest BCUT2D eigenvalue weighted by atomic mass is 16.5. The zero-order valence-corrected chi connectivity index (χ0v) is 19.9. The highest BCUT2D eigenvalue weighted by molar-refractivity contribution is 5.26. The van der Waals surface area contributed by atoms with Gasteiger partial charge < -0.3 is 9.47 Å². The number of ether oxygens (including phenoxy) is 2. The number of rotatable bonds is 4. The lowest BCUT2D eigenvalue weighted by atomic mass is 9.80.